The van der Waals surface area contributed by atoms with Crippen molar-refractivity contribution in [2.24, 2.45) is 0 Å². The van der Waals surface area contributed by atoms with Crippen molar-refractivity contribution >= 4 is 17.1 Å². The van der Waals surface area contributed by atoms with Gasteiger partial charge in [0.15, 0.2) is 0 Å². The minimum absolute atomic E-state index is 0. The van der Waals surface area contributed by atoms with E-state index in [1.807, 2.05) is 12.4 Å². The molecule has 54 heavy (non-hydrogen) atoms. The van der Waals surface area contributed by atoms with Crippen LogP contribution in [-0.4, -0.2) is 19.6 Å². The largest absolute Gasteiger partial charge is 2.00 e. The Morgan fingerprint density at radius 3 is 1.22 bits per heavy atom. The molecular formula is C48H45N5Pd. The van der Waals surface area contributed by atoms with Crippen molar-refractivity contribution in [1.29, 1.82) is 0 Å². The number of aromatic nitrogens is 4. The van der Waals surface area contributed by atoms with Crippen molar-refractivity contribution < 1.29 is 20.4 Å². The smallest absolute Gasteiger partial charge is 0.358 e. The second kappa shape index (κ2) is 12.5. The maximum Gasteiger partial charge on any atom is 2.00 e. The zero-order valence-corrected chi connectivity index (χ0v) is 33.7. The molecule has 6 heteroatoms. The number of fused-ring (bicyclic) bond motifs is 6. The van der Waals surface area contributed by atoms with Gasteiger partial charge in [0.25, 0.3) is 0 Å². The Morgan fingerprint density at radius 2 is 0.833 bits per heavy atom. The maximum absolute atomic E-state index is 5.07. The van der Waals surface area contributed by atoms with E-state index < -0.39 is 0 Å². The number of para-hydroxylation sites is 1. The van der Waals surface area contributed by atoms with Crippen molar-refractivity contribution in [3.63, 3.8) is 0 Å². The second-order valence-electron chi connectivity index (χ2n) is 16.8. The van der Waals surface area contributed by atoms with Gasteiger partial charge in [-0.2, -0.15) is 22.3 Å². The van der Waals surface area contributed by atoms with Gasteiger partial charge in [-0.05, 0) is 45.5 Å². The van der Waals surface area contributed by atoms with Gasteiger partial charge in [-0.3, -0.25) is 9.36 Å². The van der Waals surface area contributed by atoms with Crippen molar-refractivity contribution in [3.8, 4) is 33.6 Å². The number of nitrogens with zero attached hydrogens (tertiary/aromatic N) is 5. The van der Waals surface area contributed by atoms with Crippen molar-refractivity contribution in [2.45, 2.75) is 77.0 Å². The van der Waals surface area contributed by atoms with E-state index >= 15 is 0 Å². The van der Waals surface area contributed by atoms with Gasteiger partial charge in [0, 0.05) is 27.6 Å². The molecule has 9 rings (SSSR count). The van der Waals surface area contributed by atoms with E-state index in [2.05, 4.69) is 197 Å². The summed E-state index contributed by atoms with van der Waals surface area (Å²) < 4.78 is 4.27. The zero-order valence-electron chi connectivity index (χ0n) is 32.2. The fraction of sp³-hybridized carbons (Fsp3) is 0.250. The minimum atomic E-state index is -0.205. The third kappa shape index (κ3) is 5.00. The van der Waals surface area contributed by atoms with Crippen LogP contribution in [0.2, 0.25) is 0 Å². The Kier molecular flexibility index (Phi) is 8.34. The Balaban J connectivity index is 0.00000413. The number of benzene rings is 5. The molecule has 0 N–H and O–H groups in total. The molecule has 5 nitrogen and oxygen atoms in total. The topological polar surface area (TPSA) is 38.9 Å². The van der Waals surface area contributed by atoms with E-state index in [4.69, 9.17) is 10.2 Å². The Hall–Kier alpha value is -5.02. The monoisotopic (exact) mass is 797 g/mol. The van der Waals surface area contributed by atoms with Gasteiger partial charge in [0.1, 0.15) is 0 Å². The van der Waals surface area contributed by atoms with Crippen LogP contribution in [0.1, 0.15) is 77.9 Å². The van der Waals surface area contributed by atoms with E-state index in [0.29, 0.717) is 0 Å². The average molecular weight is 798 g/mol. The first-order valence-electron chi connectivity index (χ1n) is 18.6. The first-order chi connectivity index (χ1) is 25.3. The predicted molar refractivity (Wildman–Crippen MR) is 216 cm³/mol. The number of anilines is 3. The minimum Gasteiger partial charge on any atom is -0.358 e. The van der Waals surface area contributed by atoms with E-state index in [0.717, 1.165) is 39.6 Å². The normalized spacial score (nSPS) is 16.6. The summed E-state index contributed by atoms with van der Waals surface area (Å²) in [5.74, 6) is 0. The molecule has 0 radical (unpaired) electrons. The first kappa shape index (κ1) is 36.0. The third-order valence-electron chi connectivity index (χ3n) is 13.1. The summed E-state index contributed by atoms with van der Waals surface area (Å²) in [5.41, 5.74) is 13.5. The van der Waals surface area contributed by atoms with E-state index in [1.54, 1.807) is 0 Å². The van der Waals surface area contributed by atoms with Crippen LogP contribution >= 0.6 is 0 Å². The van der Waals surface area contributed by atoms with Crippen molar-refractivity contribution in [1.82, 2.24) is 19.6 Å². The van der Waals surface area contributed by atoms with E-state index in [9.17, 15) is 0 Å². The van der Waals surface area contributed by atoms with Crippen LogP contribution in [0.4, 0.5) is 17.1 Å². The molecule has 2 aromatic heterocycles. The molecule has 0 bridgehead atoms. The molecule has 272 valence electrons. The molecule has 0 saturated heterocycles. The van der Waals surface area contributed by atoms with Gasteiger partial charge in [-0.1, -0.05) is 146 Å². The van der Waals surface area contributed by atoms with Crippen LogP contribution < -0.4 is 4.90 Å². The zero-order chi connectivity index (χ0) is 36.9. The summed E-state index contributed by atoms with van der Waals surface area (Å²) in [7, 11) is 0. The van der Waals surface area contributed by atoms with Crippen LogP contribution in [0.3, 0.4) is 0 Å². The van der Waals surface area contributed by atoms with Crippen LogP contribution in [0, 0.1) is 12.1 Å². The molecule has 0 amide bonds. The molecule has 0 unspecified atom stereocenters. The van der Waals surface area contributed by atoms with Crippen LogP contribution in [0.25, 0.3) is 33.6 Å². The summed E-state index contributed by atoms with van der Waals surface area (Å²) in [6, 6.07) is 48.6. The van der Waals surface area contributed by atoms with Crippen molar-refractivity contribution in [2.75, 3.05) is 4.90 Å². The average Bonchev–Trinajstić information content (AvgIpc) is 3.82. The van der Waals surface area contributed by atoms with Gasteiger partial charge >= 0.3 is 20.4 Å². The number of hydrogen-bond acceptors (Lipinski definition) is 3. The third-order valence-corrected chi connectivity index (χ3v) is 13.1. The Labute approximate surface area is 333 Å². The fourth-order valence-corrected chi connectivity index (χ4v) is 8.69. The van der Waals surface area contributed by atoms with Gasteiger partial charge in [0.05, 0.1) is 23.8 Å². The molecule has 0 spiro atoms. The summed E-state index contributed by atoms with van der Waals surface area (Å²) >= 11 is 0. The van der Waals surface area contributed by atoms with E-state index in [1.165, 1.54) is 33.6 Å². The molecule has 0 atom stereocenters. The number of rotatable bonds is 5. The molecule has 2 aliphatic rings. The van der Waals surface area contributed by atoms with Crippen LogP contribution in [-0.2, 0) is 42.1 Å². The van der Waals surface area contributed by atoms with Crippen molar-refractivity contribution in [3.05, 3.63) is 162 Å². The molecular weight excluding hydrogens is 753 g/mol. The molecule has 2 aliphatic heterocycles. The van der Waals surface area contributed by atoms with E-state index in [-0.39, 0.29) is 42.1 Å². The quantitative estimate of drug-likeness (QED) is 0.129. The predicted octanol–water partition coefficient (Wildman–Crippen LogP) is 11.6. The van der Waals surface area contributed by atoms with Gasteiger partial charge in [-0.15, -0.1) is 35.4 Å². The summed E-state index contributed by atoms with van der Waals surface area (Å²) in [4.78, 5) is 2.27. The maximum atomic E-state index is 5.07. The summed E-state index contributed by atoms with van der Waals surface area (Å²) in [6.07, 6.45) is 4.05. The Morgan fingerprint density at radius 1 is 0.463 bits per heavy atom. The van der Waals surface area contributed by atoms with Gasteiger partial charge in [0.2, 0.25) is 0 Å². The first-order valence-corrected chi connectivity index (χ1v) is 18.6. The summed E-state index contributed by atoms with van der Waals surface area (Å²) in [6.45, 7) is 18.8. The molecule has 5 aromatic carbocycles. The van der Waals surface area contributed by atoms with Gasteiger partial charge < -0.3 is 4.90 Å². The van der Waals surface area contributed by atoms with Crippen LogP contribution in [0.15, 0.2) is 128 Å². The standard InChI is InChI=1S/C48H45N5.Pd/c1-45(2)39-26-24-35(28-41(39)52-43(47(45,5)6)37(30-49-52)32-18-12-9-13-19-32)51(34-22-16-11-17-23-34)36-25-27-40-42(29-36)53-44(48(7,8)46(40,3)4)38(31-50-53)33-20-14-10-15-21-33;/h9-27,30-31H,1-8H3;/q-2;+2. The number of hydrogen-bond donors (Lipinski definition) is 0. The molecule has 4 heterocycles. The molecule has 7 aromatic rings. The molecule has 0 saturated carbocycles. The SMILES string of the molecule is CC1(C)c2ccc(N(c3[c-]c4c(cc3)C(C)(C)C(C)(C)c3c(-c5ccccc5)cnn3-4)c3ccccc3)[c-]c2-n2ncc(-c3ccccc3)c2C1(C)C.[Pd+2]. The fourth-order valence-electron chi connectivity index (χ4n) is 8.69. The van der Waals surface area contributed by atoms with Gasteiger partial charge in [-0.25, -0.2) is 0 Å². The summed E-state index contributed by atoms with van der Waals surface area (Å²) in [5, 5.41) is 10.1. The van der Waals surface area contributed by atoms with Crippen LogP contribution in [0.5, 0.6) is 0 Å². The Bertz CT molecular complexity index is 2350. The second-order valence-corrected chi connectivity index (χ2v) is 16.8. The molecule has 0 aliphatic carbocycles. The molecule has 0 fully saturated rings.